The third kappa shape index (κ3) is 17.2. The van der Waals surface area contributed by atoms with Crippen LogP contribution in [0.25, 0.3) is 0 Å². The minimum absolute atomic E-state index is 0. The van der Waals surface area contributed by atoms with Crippen molar-refractivity contribution in [1.82, 2.24) is 29.4 Å². The maximum Gasteiger partial charge on any atom is 0.257 e. The summed E-state index contributed by atoms with van der Waals surface area (Å²) in [5.41, 5.74) is 15.6. The maximum atomic E-state index is 13.8. The molecule has 680 valence electrons. The van der Waals surface area contributed by atoms with E-state index in [1.807, 2.05) is 88.6 Å². The standard InChI is InChI=1S/C43H41N5O8.C41H35BrN4O8.C16H14N2O4.CH4/c1-46(2)20-25-9-26(23-55-40-16-34-32(14-38(40)51-3)42(49)47-21-28-5-7-53-36(28)12-30(47)18-44-34)11-27(10-25)24-56-41-17-35-33(15-39(41)52-4)43(50)48-22-29-6-8-54-37(29)13-31(48)19-45-35;1-49-36-12-30-32(43-17-28-10-34-26(3-5-51-34)19-45(28)40(30)47)14-38(36)53-21-24-7-23(16-42)8-25(9-24)22-54-39-15-33-31(13-37(39)50-2)41(48)46-20-27-4-6-52-35(27)11-29(46)18-44-33;1-21-15-5-11-12(6-13(15)19)17-7-10-4-14-9(2-3-22-14)8-18(10)16(11)20;/h5-11,14-19,30-31H,12-13,20-24H2,1-4H3;3-9,12-15,17-18,28-29H,10-11,16,19-22H2,1-2H3;2-3,5-7,10,19H,4,8H2,1H3;1H4/t30-,31-;28-,29-;10-;/m000./s1. The number of carbonyl (C=O) groups excluding carboxylic acids is 5. The van der Waals surface area contributed by atoms with Crippen molar-refractivity contribution >= 4 is 105 Å². The third-order valence-corrected chi connectivity index (χ3v) is 25.8. The lowest BCUT2D eigenvalue weighted by atomic mass is 10.0. The highest BCUT2D eigenvalue weighted by molar-refractivity contribution is 9.08. The van der Waals surface area contributed by atoms with Crippen LogP contribution < -0.4 is 42.6 Å². The van der Waals surface area contributed by atoms with Gasteiger partial charge >= 0.3 is 0 Å². The number of phenols is 1. The van der Waals surface area contributed by atoms with Crippen LogP contribution >= 0.6 is 15.9 Å². The number of halogens is 1. The Morgan fingerprint density at radius 1 is 0.331 bits per heavy atom. The van der Waals surface area contributed by atoms with Gasteiger partial charge in [-0.1, -0.05) is 47.6 Å². The summed E-state index contributed by atoms with van der Waals surface area (Å²) in [4.78, 5) is 102. The summed E-state index contributed by atoms with van der Waals surface area (Å²) in [6, 6.07) is 37.8. The van der Waals surface area contributed by atoms with Crippen LogP contribution in [0.5, 0.6) is 57.5 Å². The van der Waals surface area contributed by atoms with E-state index in [0.717, 1.165) is 90.0 Å². The molecule has 0 aliphatic carbocycles. The number of carbonyl (C=O) groups is 5. The summed E-state index contributed by atoms with van der Waals surface area (Å²) in [7, 11) is 11.7. The Balaban J connectivity index is 0.000000139. The molecule has 5 aromatic heterocycles. The number of aromatic hydroxyl groups is 1. The molecule has 15 heterocycles. The molecule has 10 aliphatic rings. The second-order valence-electron chi connectivity index (χ2n) is 33.7. The van der Waals surface area contributed by atoms with Gasteiger partial charge in [0.05, 0.1) is 186 Å². The fourth-order valence-corrected chi connectivity index (χ4v) is 18.7. The largest absolute Gasteiger partial charge is 0.504 e. The monoisotopic (exact) mass is 1860 g/mol. The predicted molar refractivity (Wildman–Crippen MR) is 495 cm³/mol. The molecule has 0 radical (unpaired) electrons. The van der Waals surface area contributed by atoms with Crippen molar-refractivity contribution in [1.29, 1.82) is 0 Å². The lowest BCUT2D eigenvalue weighted by molar-refractivity contribution is 0.0689. The van der Waals surface area contributed by atoms with Gasteiger partial charge in [0.25, 0.3) is 29.5 Å². The van der Waals surface area contributed by atoms with Gasteiger partial charge in [-0.25, -0.2) is 0 Å². The van der Waals surface area contributed by atoms with Crippen LogP contribution in [0, 0.1) is 0 Å². The number of ether oxygens (including phenoxy) is 9. The molecule has 0 saturated carbocycles. The van der Waals surface area contributed by atoms with Crippen molar-refractivity contribution in [2.75, 3.05) is 49.6 Å². The van der Waals surface area contributed by atoms with Gasteiger partial charge in [-0.2, -0.15) is 0 Å². The highest BCUT2D eigenvalue weighted by Crippen LogP contribution is 2.47. The molecule has 133 heavy (non-hydrogen) atoms. The first kappa shape index (κ1) is 87.4. The Hall–Kier alpha value is -14.9. The number of hydrogen-bond acceptors (Lipinski definition) is 26. The van der Waals surface area contributed by atoms with Crippen LogP contribution in [0.2, 0.25) is 0 Å². The number of alkyl halides is 1. The van der Waals surface area contributed by atoms with Crippen molar-refractivity contribution in [2.24, 2.45) is 25.0 Å². The molecule has 0 saturated heterocycles. The zero-order valence-electron chi connectivity index (χ0n) is 73.1. The highest BCUT2D eigenvalue weighted by atomic mass is 79.9. The molecule has 0 bridgehead atoms. The van der Waals surface area contributed by atoms with Crippen molar-refractivity contribution in [3.05, 3.63) is 277 Å². The molecule has 5 amide bonds. The zero-order chi connectivity index (χ0) is 90.7. The first-order chi connectivity index (χ1) is 64.3. The van der Waals surface area contributed by atoms with Gasteiger partial charge < -0.3 is 99.2 Å². The minimum Gasteiger partial charge on any atom is -0.504 e. The van der Waals surface area contributed by atoms with E-state index in [4.69, 9.17) is 84.7 Å². The summed E-state index contributed by atoms with van der Waals surface area (Å²) in [6.45, 7) is 3.92. The fraction of sp³-hybridized carbons (Fsp3) is 0.287. The summed E-state index contributed by atoms with van der Waals surface area (Å²) >= 11 is 3.60. The molecular formula is C101H94BrN11O20. The quantitative estimate of drug-likeness (QED) is 0.0693. The van der Waals surface area contributed by atoms with E-state index in [1.54, 1.807) is 132 Å². The van der Waals surface area contributed by atoms with Crippen molar-refractivity contribution < 1.29 is 93.8 Å². The lowest BCUT2D eigenvalue weighted by Crippen LogP contribution is -2.44. The summed E-state index contributed by atoms with van der Waals surface area (Å²) in [6.07, 6.45) is 20.2. The minimum atomic E-state index is -0.209. The van der Waals surface area contributed by atoms with E-state index < -0.39 is 0 Å². The Labute approximate surface area is 773 Å². The topological polar surface area (TPSA) is 336 Å². The average Bonchev–Trinajstić information content (AvgIpc) is 1.66. The molecular weight excluding hydrogens is 1770 g/mol. The van der Waals surface area contributed by atoms with Gasteiger partial charge in [-0.15, -0.1) is 0 Å². The van der Waals surface area contributed by atoms with Gasteiger partial charge in [-0.05, 0) is 120 Å². The van der Waals surface area contributed by atoms with Crippen molar-refractivity contribution in [2.45, 2.75) is 141 Å². The number of methoxy groups -OCH3 is 5. The number of amides is 5. The number of fused-ring (bicyclic) bond motifs is 15. The number of benzene rings is 7. The second-order valence-corrected chi connectivity index (χ2v) is 34.3. The van der Waals surface area contributed by atoms with E-state index >= 15 is 0 Å². The van der Waals surface area contributed by atoms with Gasteiger partial charge in [0.15, 0.2) is 57.5 Å². The van der Waals surface area contributed by atoms with Crippen LogP contribution in [0.1, 0.15) is 149 Å². The molecule has 12 aromatic rings. The predicted octanol–water partition coefficient (Wildman–Crippen LogP) is 17.1. The first-order valence-electron chi connectivity index (χ1n) is 43.1. The van der Waals surface area contributed by atoms with Gasteiger partial charge in [0, 0.05) is 133 Å². The van der Waals surface area contributed by atoms with Crippen LogP contribution in [-0.2, 0) is 103 Å². The van der Waals surface area contributed by atoms with Crippen LogP contribution in [-0.4, -0.2) is 175 Å². The average molecular weight is 1860 g/mol. The molecule has 0 unspecified atom stereocenters. The van der Waals surface area contributed by atoms with Crippen LogP contribution in [0.4, 0.5) is 28.4 Å². The van der Waals surface area contributed by atoms with E-state index in [0.29, 0.717) is 179 Å². The molecule has 32 heteroatoms. The fourth-order valence-electron chi connectivity index (χ4n) is 18.4. The molecule has 10 aliphatic heterocycles. The van der Waals surface area contributed by atoms with Crippen LogP contribution in [0.15, 0.2) is 206 Å². The van der Waals surface area contributed by atoms with Gasteiger partial charge in [0.2, 0.25) is 0 Å². The van der Waals surface area contributed by atoms with Gasteiger partial charge in [-0.3, -0.25) is 48.9 Å². The molecule has 5 atom stereocenters. The van der Waals surface area contributed by atoms with Crippen molar-refractivity contribution in [3.63, 3.8) is 0 Å². The zero-order valence-corrected chi connectivity index (χ0v) is 74.7. The molecule has 0 spiro atoms. The first-order valence-corrected chi connectivity index (χ1v) is 44.2. The van der Waals surface area contributed by atoms with E-state index in [2.05, 4.69) is 50.1 Å². The number of hydrogen-bond donors (Lipinski definition) is 1. The van der Waals surface area contributed by atoms with E-state index in [-0.39, 0.29) is 105 Å². The third-order valence-electron chi connectivity index (χ3n) is 25.1. The number of phenolic OH excluding ortho intramolecular Hbond substituents is 1. The normalized spacial score (nSPS) is 18.1. The van der Waals surface area contributed by atoms with E-state index in [1.165, 1.54) is 19.2 Å². The molecule has 1 N–H and O–H groups in total. The Bertz CT molecular complexity index is 6430. The Kier molecular flexibility index (Phi) is 24.2. The lowest BCUT2D eigenvalue weighted by Gasteiger charge is -2.31. The van der Waals surface area contributed by atoms with Crippen molar-refractivity contribution in [3.8, 4) is 57.5 Å². The SMILES string of the molecule is C.COc1cc2c(cc1O)N=C[C@@H]1Cc3occc3CN1C2=O.COc1cc2c(cc1OCc1cc(CBr)cc(COc3cc4c(cc3OC)C(=O)N3Cc5ccoc5C[C@H]3C=N4)c1)N=C[C@@H]1Cc3occc3CN1C2=O.COc1cc2c(cc1OCc1cc(COc3cc4c(cc3OC)C(=O)N3Cc5ccoc5C[C@H]3C=N4)cc(CN(C)C)c1)N=C[C@@H]1Cc3occc3CN1C2=O. The number of furan rings is 5. The molecule has 7 aromatic carbocycles. The molecule has 22 rings (SSSR count). The second kappa shape index (κ2) is 36.8. The van der Waals surface area contributed by atoms with Crippen LogP contribution in [0.3, 0.4) is 0 Å². The number of rotatable bonds is 20. The summed E-state index contributed by atoms with van der Waals surface area (Å²) in [5.74, 6) is 7.73. The number of aliphatic imine (C=N–C) groups is 5. The van der Waals surface area contributed by atoms with E-state index in [9.17, 15) is 29.1 Å². The molecule has 0 fully saturated rings. The summed E-state index contributed by atoms with van der Waals surface area (Å²) < 4.78 is 81.4. The molecule has 31 nitrogen and oxygen atoms in total. The number of nitrogens with zero attached hydrogens (tertiary/aromatic N) is 11. The maximum absolute atomic E-state index is 13.8. The highest BCUT2D eigenvalue weighted by Gasteiger charge is 2.42. The van der Waals surface area contributed by atoms with Gasteiger partial charge in [0.1, 0.15) is 55.2 Å². The smallest absolute Gasteiger partial charge is 0.257 e. The summed E-state index contributed by atoms with van der Waals surface area (Å²) in [5, 5.41) is 10.5. The Morgan fingerprint density at radius 3 is 0.805 bits per heavy atom. The Morgan fingerprint density at radius 2 is 0.564 bits per heavy atom.